The van der Waals surface area contributed by atoms with Crippen molar-refractivity contribution >= 4 is 23.0 Å². The molecule has 1 aromatic carbocycles. The minimum absolute atomic E-state index is 0.172. The molecule has 4 heteroatoms. The van der Waals surface area contributed by atoms with Crippen LogP contribution in [0.5, 0.6) is 0 Å². The highest BCUT2D eigenvalue weighted by Gasteiger charge is 2.12. The quantitative estimate of drug-likeness (QED) is 0.915. The normalized spacial score (nSPS) is 12.0. The van der Waals surface area contributed by atoms with Gasteiger partial charge >= 0.3 is 0 Å². The molecule has 2 aromatic rings. The maximum Gasteiger partial charge on any atom is 0.0786 e. The summed E-state index contributed by atoms with van der Waals surface area (Å²) < 4.78 is 0. The van der Waals surface area contributed by atoms with Gasteiger partial charge in [-0.3, -0.25) is 4.98 Å². The number of anilines is 2. The summed E-state index contributed by atoms with van der Waals surface area (Å²) in [5, 5.41) is 4.23. The molecular formula is C15H18ClN3. The molecule has 0 saturated carbocycles. The zero-order valence-corrected chi connectivity index (χ0v) is 12.1. The second-order valence-electron chi connectivity index (χ2n) is 4.68. The summed E-state index contributed by atoms with van der Waals surface area (Å²) >= 11 is 6.26. The van der Waals surface area contributed by atoms with Crippen molar-refractivity contribution in [3.8, 4) is 0 Å². The van der Waals surface area contributed by atoms with Crippen molar-refractivity contribution in [2.24, 2.45) is 0 Å². The fourth-order valence-corrected chi connectivity index (χ4v) is 2.38. The summed E-state index contributed by atoms with van der Waals surface area (Å²) in [6, 6.07) is 10.1. The molecule has 19 heavy (non-hydrogen) atoms. The van der Waals surface area contributed by atoms with Crippen molar-refractivity contribution < 1.29 is 0 Å². The highest BCUT2D eigenvalue weighted by Crippen LogP contribution is 2.34. The van der Waals surface area contributed by atoms with E-state index in [1.807, 2.05) is 49.5 Å². The van der Waals surface area contributed by atoms with Crippen molar-refractivity contribution in [3.05, 3.63) is 53.3 Å². The molecule has 3 nitrogen and oxygen atoms in total. The van der Waals surface area contributed by atoms with Gasteiger partial charge < -0.3 is 10.2 Å². The topological polar surface area (TPSA) is 28.2 Å². The molecule has 2 rings (SSSR count). The van der Waals surface area contributed by atoms with E-state index >= 15 is 0 Å². The van der Waals surface area contributed by atoms with E-state index in [2.05, 4.69) is 23.3 Å². The van der Waals surface area contributed by atoms with Crippen LogP contribution in [0.4, 0.5) is 11.4 Å². The molecule has 1 atom stereocenters. The van der Waals surface area contributed by atoms with Gasteiger partial charge in [-0.25, -0.2) is 0 Å². The SMILES string of the molecule is CC(Nc1cccc(Cl)c1N(C)C)c1cccnc1. The summed E-state index contributed by atoms with van der Waals surface area (Å²) in [7, 11) is 3.97. The highest BCUT2D eigenvalue weighted by atomic mass is 35.5. The largest absolute Gasteiger partial charge is 0.377 e. The number of para-hydroxylation sites is 1. The third-order valence-electron chi connectivity index (χ3n) is 2.99. The van der Waals surface area contributed by atoms with Gasteiger partial charge in [0.1, 0.15) is 0 Å². The Morgan fingerprint density at radius 1 is 1.21 bits per heavy atom. The third-order valence-corrected chi connectivity index (χ3v) is 3.30. The van der Waals surface area contributed by atoms with Crippen molar-refractivity contribution in [1.29, 1.82) is 0 Å². The first-order chi connectivity index (χ1) is 9.09. The molecular weight excluding hydrogens is 258 g/mol. The summed E-state index contributed by atoms with van der Waals surface area (Å²) in [5.74, 6) is 0. The molecule has 0 aliphatic carbocycles. The average Bonchev–Trinajstić information content (AvgIpc) is 2.39. The van der Waals surface area contributed by atoms with Crippen LogP contribution in [-0.2, 0) is 0 Å². The Morgan fingerprint density at radius 3 is 2.63 bits per heavy atom. The van der Waals surface area contributed by atoms with Crippen molar-refractivity contribution in [3.63, 3.8) is 0 Å². The minimum atomic E-state index is 0.172. The van der Waals surface area contributed by atoms with E-state index in [-0.39, 0.29) is 6.04 Å². The van der Waals surface area contributed by atoms with Gasteiger partial charge in [-0.2, -0.15) is 0 Å². The number of halogens is 1. The molecule has 1 unspecified atom stereocenters. The van der Waals surface area contributed by atoms with Gasteiger partial charge in [0.05, 0.1) is 22.4 Å². The number of rotatable bonds is 4. The highest BCUT2D eigenvalue weighted by molar-refractivity contribution is 6.34. The molecule has 0 fully saturated rings. The maximum absolute atomic E-state index is 6.26. The maximum atomic E-state index is 6.26. The van der Waals surface area contributed by atoms with Crippen LogP contribution >= 0.6 is 11.6 Å². The van der Waals surface area contributed by atoms with Crippen LogP contribution in [0.1, 0.15) is 18.5 Å². The van der Waals surface area contributed by atoms with Gasteiger partial charge in [0, 0.05) is 26.5 Å². The molecule has 1 heterocycles. The van der Waals surface area contributed by atoms with Gasteiger partial charge in [0.25, 0.3) is 0 Å². The van der Waals surface area contributed by atoms with E-state index in [1.54, 1.807) is 6.20 Å². The van der Waals surface area contributed by atoms with Crippen LogP contribution in [-0.4, -0.2) is 19.1 Å². The van der Waals surface area contributed by atoms with Crippen LogP contribution in [0.3, 0.4) is 0 Å². The van der Waals surface area contributed by atoms with E-state index in [4.69, 9.17) is 11.6 Å². The molecule has 0 bridgehead atoms. The molecule has 0 spiro atoms. The second kappa shape index (κ2) is 5.93. The molecule has 0 aliphatic heterocycles. The lowest BCUT2D eigenvalue weighted by atomic mass is 10.1. The van der Waals surface area contributed by atoms with Crippen LogP contribution in [0.15, 0.2) is 42.7 Å². The lowest BCUT2D eigenvalue weighted by Gasteiger charge is -2.23. The van der Waals surface area contributed by atoms with E-state index < -0.39 is 0 Å². The van der Waals surface area contributed by atoms with E-state index in [0.29, 0.717) is 0 Å². The lowest BCUT2D eigenvalue weighted by Crippen LogP contribution is -2.14. The van der Waals surface area contributed by atoms with Crippen molar-refractivity contribution in [1.82, 2.24) is 4.98 Å². The predicted molar refractivity (Wildman–Crippen MR) is 82.1 cm³/mol. The number of nitrogens with zero attached hydrogens (tertiary/aromatic N) is 2. The van der Waals surface area contributed by atoms with E-state index in [9.17, 15) is 0 Å². The standard InChI is InChI=1S/C15H18ClN3/c1-11(12-6-5-9-17-10-12)18-14-8-4-7-13(16)15(14)19(2)3/h4-11,18H,1-3H3. The number of hydrogen-bond acceptors (Lipinski definition) is 3. The fraction of sp³-hybridized carbons (Fsp3) is 0.267. The fourth-order valence-electron chi connectivity index (χ4n) is 2.04. The Bertz CT molecular complexity index is 540. The Kier molecular flexibility index (Phi) is 4.27. The van der Waals surface area contributed by atoms with E-state index in [1.165, 1.54) is 0 Å². The number of hydrogen-bond donors (Lipinski definition) is 1. The average molecular weight is 276 g/mol. The predicted octanol–water partition coefficient (Wildman–Crippen LogP) is 3.97. The summed E-state index contributed by atoms with van der Waals surface area (Å²) in [6.45, 7) is 2.11. The van der Waals surface area contributed by atoms with Crippen LogP contribution in [0.25, 0.3) is 0 Å². The number of pyridine rings is 1. The van der Waals surface area contributed by atoms with Gasteiger partial charge in [-0.1, -0.05) is 23.7 Å². The number of aromatic nitrogens is 1. The van der Waals surface area contributed by atoms with Crippen LogP contribution < -0.4 is 10.2 Å². The van der Waals surface area contributed by atoms with Gasteiger partial charge in [0.2, 0.25) is 0 Å². The monoisotopic (exact) mass is 275 g/mol. The van der Waals surface area contributed by atoms with Gasteiger partial charge in [0.15, 0.2) is 0 Å². The Balaban J connectivity index is 2.27. The molecule has 0 aliphatic rings. The number of nitrogens with one attached hydrogen (secondary N) is 1. The molecule has 100 valence electrons. The molecule has 1 aromatic heterocycles. The zero-order chi connectivity index (χ0) is 13.8. The van der Waals surface area contributed by atoms with Crippen LogP contribution in [0, 0.1) is 0 Å². The second-order valence-corrected chi connectivity index (χ2v) is 5.09. The minimum Gasteiger partial charge on any atom is -0.377 e. The van der Waals surface area contributed by atoms with Crippen molar-refractivity contribution in [2.75, 3.05) is 24.3 Å². The number of benzene rings is 1. The first-order valence-electron chi connectivity index (χ1n) is 6.22. The van der Waals surface area contributed by atoms with Crippen LogP contribution in [0.2, 0.25) is 5.02 Å². The first kappa shape index (κ1) is 13.7. The Hall–Kier alpha value is -1.74. The summed E-state index contributed by atoms with van der Waals surface area (Å²) in [4.78, 5) is 6.16. The first-order valence-corrected chi connectivity index (χ1v) is 6.59. The van der Waals surface area contributed by atoms with Gasteiger partial charge in [-0.15, -0.1) is 0 Å². The van der Waals surface area contributed by atoms with E-state index in [0.717, 1.165) is 22.0 Å². The molecule has 0 saturated heterocycles. The van der Waals surface area contributed by atoms with Gasteiger partial charge in [-0.05, 0) is 30.7 Å². The smallest absolute Gasteiger partial charge is 0.0786 e. The lowest BCUT2D eigenvalue weighted by molar-refractivity contribution is 0.874. The summed E-state index contributed by atoms with van der Waals surface area (Å²) in [6.07, 6.45) is 3.65. The summed E-state index contributed by atoms with van der Waals surface area (Å²) in [5.41, 5.74) is 3.17. The molecule has 1 N–H and O–H groups in total. The third kappa shape index (κ3) is 3.18. The zero-order valence-electron chi connectivity index (χ0n) is 11.4. The molecule has 0 radical (unpaired) electrons. The Morgan fingerprint density at radius 2 is 2.00 bits per heavy atom. The molecule has 0 amide bonds. The Labute approximate surface area is 119 Å². The van der Waals surface area contributed by atoms with Crippen molar-refractivity contribution in [2.45, 2.75) is 13.0 Å².